The molecule has 14 heteroatoms. The molecule has 2 heterocycles. The number of rotatable bonds is 12. The summed E-state index contributed by atoms with van der Waals surface area (Å²) >= 11 is 7.47. The summed E-state index contributed by atoms with van der Waals surface area (Å²) in [6, 6.07) is -0.291. The standard InChI is InChI=1S/C20H38ClN2O9PS/c1-30-9-3-4-12-5-6-14(22-8-7-12)19(26)23-11-13(21)10-15-16(24)17(25)18(20(31-15)34-2)32-33(27,28)29/h12-18,20,22,24-25H,3-11H2,1-2H3,(H,23,26)(H2,27,28,29). The average Bonchev–Trinajstić information content (AvgIpc) is 3.02. The Morgan fingerprint density at radius 2 is 2.03 bits per heavy atom. The summed E-state index contributed by atoms with van der Waals surface area (Å²) in [7, 11) is -3.20. The Bertz CT molecular complexity index is 674. The van der Waals surface area contributed by atoms with E-state index in [1.54, 1.807) is 13.4 Å². The van der Waals surface area contributed by atoms with Crippen molar-refractivity contribution in [3.05, 3.63) is 0 Å². The first kappa shape index (κ1) is 30.2. The first-order chi connectivity index (χ1) is 16.1. The Kier molecular flexibility index (Phi) is 13.1. The molecule has 200 valence electrons. The quantitative estimate of drug-likeness (QED) is 0.115. The van der Waals surface area contributed by atoms with Gasteiger partial charge in [-0.05, 0) is 57.2 Å². The van der Waals surface area contributed by atoms with E-state index in [1.165, 1.54) is 0 Å². The number of phosphoric acid groups is 1. The minimum atomic E-state index is -4.90. The van der Waals surface area contributed by atoms with Gasteiger partial charge in [-0.3, -0.25) is 9.32 Å². The van der Waals surface area contributed by atoms with E-state index in [4.69, 9.17) is 30.9 Å². The number of halogens is 1. The molecule has 2 aliphatic rings. The zero-order chi connectivity index (χ0) is 25.3. The summed E-state index contributed by atoms with van der Waals surface area (Å²) in [5.74, 6) is 0.436. The maximum absolute atomic E-state index is 12.6. The van der Waals surface area contributed by atoms with Crippen LogP contribution in [0.3, 0.4) is 0 Å². The van der Waals surface area contributed by atoms with Crippen molar-refractivity contribution < 1.29 is 43.4 Å². The molecule has 2 saturated heterocycles. The van der Waals surface area contributed by atoms with Crippen LogP contribution in [0.5, 0.6) is 0 Å². The fraction of sp³-hybridized carbons (Fsp3) is 0.950. The van der Waals surface area contributed by atoms with Crippen LogP contribution in [0.15, 0.2) is 0 Å². The van der Waals surface area contributed by atoms with Crippen LogP contribution >= 0.6 is 31.2 Å². The number of hydrogen-bond acceptors (Lipinski definition) is 9. The van der Waals surface area contributed by atoms with E-state index in [0.29, 0.717) is 5.92 Å². The van der Waals surface area contributed by atoms with Crippen molar-refractivity contribution >= 4 is 37.1 Å². The predicted molar refractivity (Wildman–Crippen MR) is 129 cm³/mol. The lowest BCUT2D eigenvalue weighted by Crippen LogP contribution is -2.57. The predicted octanol–water partition coefficient (Wildman–Crippen LogP) is 0.573. The molecule has 34 heavy (non-hydrogen) atoms. The molecular formula is C20H38ClN2O9PS. The van der Waals surface area contributed by atoms with E-state index in [-0.39, 0.29) is 24.9 Å². The number of amides is 1. The number of alkyl halides is 1. The lowest BCUT2D eigenvalue weighted by molar-refractivity contribution is -0.195. The van der Waals surface area contributed by atoms with Gasteiger partial charge >= 0.3 is 7.82 Å². The molecule has 2 aliphatic heterocycles. The van der Waals surface area contributed by atoms with E-state index in [9.17, 15) is 19.6 Å². The maximum Gasteiger partial charge on any atom is 0.470 e. The molecule has 6 N–H and O–H groups in total. The van der Waals surface area contributed by atoms with Gasteiger partial charge in [0.15, 0.2) is 0 Å². The molecular weight excluding hydrogens is 511 g/mol. The fourth-order valence-electron chi connectivity index (χ4n) is 4.37. The van der Waals surface area contributed by atoms with Gasteiger partial charge in [-0.15, -0.1) is 23.4 Å². The third-order valence-corrected chi connectivity index (χ3v) is 7.90. The summed E-state index contributed by atoms with van der Waals surface area (Å²) in [6.07, 6.45) is 1.22. The van der Waals surface area contributed by atoms with Crippen LogP contribution in [0.25, 0.3) is 0 Å². The highest BCUT2D eigenvalue weighted by Gasteiger charge is 2.47. The zero-order valence-electron chi connectivity index (χ0n) is 19.5. The number of carbonyl (C=O) groups is 1. The lowest BCUT2D eigenvalue weighted by atomic mass is 9.94. The molecule has 0 aromatic rings. The summed E-state index contributed by atoms with van der Waals surface area (Å²) in [5.41, 5.74) is -0.915. The minimum Gasteiger partial charge on any atom is -0.388 e. The van der Waals surface area contributed by atoms with Crippen LogP contribution in [0, 0.1) is 5.92 Å². The second-order valence-electron chi connectivity index (χ2n) is 8.77. The number of carbonyl (C=O) groups excluding carboxylic acids is 1. The van der Waals surface area contributed by atoms with Gasteiger partial charge in [0.25, 0.3) is 0 Å². The first-order valence-corrected chi connectivity index (χ1v) is 14.7. The SMILES string of the molecule is COCCCC1CCNC(C(=O)NCC(Cl)CC2OC(SC)C(OP(=O)(O)O)C(O)C2O)CC1. The maximum atomic E-state index is 12.6. The van der Waals surface area contributed by atoms with Gasteiger partial charge < -0.3 is 40.1 Å². The van der Waals surface area contributed by atoms with E-state index < -0.39 is 43.1 Å². The summed E-state index contributed by atoms with van der Waals surface area (Å²) in [4.78, 5) is 30.8. The normalized spacial score (nSPS) is 33.8. The molecule has 1 amide bonds. The Labute approximate surface area is 209 Å². The molecule has 8 unspecified atom stereocenters. The Morgan fingerprint density at radius 3 is 2.68 bits per heavy atom. The molecule has 0 bridgehead atoms. The van der Waals surface area contributed by atoms with Crippen LogP contribution < -0.4 is 10.6 Å². The average molecular weight is 549 g/mol. The molecule has 2 rings (SSSR count). The number of phosphoric ester groups is 1. The van der Waals surface area contributed by atoms with E-state index in [2.05, 4.69) is 15.2 Å². The number of aliphatic hydroxyl groups is 2. The molecule has 0 radical (unpaired) electrons. The van der Waals surface area contributed by atoms with Crippen LogP contribution in [0.4, 0.5) is 0 Å². The fourth-order valence-corrected chi connectivity index (χ4v) is 6.00. The van der Waals surface area contributed by atoms with Crippen molar-refractivity contribution in [3.63, 3.8) is 0 Å². The molecule has 8 atom stereocenters. The minimum absolute atomic E-state index is 0.111. The number of aliphatic hydroxyl groups excluding tert-OH is 2. The molecule has 0 aromatic carbocycles. The number of thioether (sulfide) groups is 1. The van der Waals surface area contributed by atoms with Gasteiger partial charge in [0.2, 0.25) is 5.91 Å². The summed E-state index contributed by atoms with van der Waals surface area (Å²) in [5, 5.41) is 26.3. The molecule has 0 aliphatic carbocycles. The summed E-state index contributed by atoms with van der Waals surface area (Å²) < 4.78 is 26.6. The van der Waals surface area contributed by atoms with Crippen LogP contribution in [-0.4, -0.2) is 100 Å². The van der Waals surface area contributed by atoms with E-state index >= 15 is 0 Å². The van der Waals surface area contributed by atoms with Crippen LogP contribution in [-0.2, 0) is 23.4 Å². The van der Waals surface area contributed by atoms with Gasteiger partial charge in [-0.25, -0.2) is 4.57 Å². The van der Waals surface area contributed by atoms with Crippen molar-refractivity contribution in [1.82, 2.24) is 10.6 Å². The van der Waals surface area contributed by atoms with Crippen molar-refractivity contribution in [2.45, 2.75) is 79.8 Å². The number of hydrogen-bond donors (Lipinski definition) is 6. The van der Waals surface area contributed by atoms with E-state index in [0.717, 1.165) is 57.0 Å². The molecule has 11 nitrogen and oxygen atoms in total. The highest BCUT2D eigenvalue weighted by Crippen LogP contribution is 2.43. The third kappa shape index (κ3) is 9.82. The van der Waals surface area contributed by atoms with Gasteiger partial charge in [-0.1, -0.05) is 0 Å². The summed E-state index contributed by atoms with van der Waals surface area (Å²) in [6.45, 7) is 1.66. The molecule has 0 aromatic heterocycles. The highest BCUT2D eigenvalue weighted by atomic mass is 35.5. The Hall–Kier alpha value is 0.0200. The van der Waals surface area contributed by atoms with Gasteiger partial charge in [-0.2, -0.15) is 0 Å². The van der Waals surface area contributed by atoms with E-state index in [1.807, 2.05) is 0 Å². The molecule has 0 spiro atoms. The molecule has 0 saturated carbocycles. The second-order valence-corrected chi connectivity index (χ2v) is 11.5. The van der Waals surface area contributed by atoms with Crippen molar-refractivity contribution in [2.75, 3.05) is 33.1 Å². The first-order valence-electron chi connectivity index (χ1n) is 11.5. The van der Waals surface area contributed by atoms with Crippen molar-refractivity contribution in [3.8, 4) is 0 Å². The Balaban J connectivity index is 1.80. The monoisotopic (exact) mass is 548 g/mol. The number of methoxy groups -OCH3 is 1. The Morgan fingerprint density at radius 1 is 1.29 bits per heavy atom. The molecule has 2 fully saturated rings. The van der Waals surface area contributed by atoms with Gasteiger partial charge in [0.1, 0.15) is 23.7 Å². The van der Waals surface area contributed by atoms with Crippen molar-refractivity contribution in [2.24, 2.45) is 5.92 Å². The number of ether oxygens (including phenoxy) is 2. The lowest BCUT2D eigenvalue weighted by Gasteiger charge is -2.42. The van der Waals surface area contributed by atoms with Crippen LogP contribution in [0.1, 0.15) is 38.5 Å². The van der Waals surface area contributed by atoms with Crippen molar-refractivity contribution in [1.29, 1.82) is 0 Å². The second kappa shape index (κ2) is 14.7. The number of nitrogens with one attached hydrogen (secondary N) is 2. The zero-order valence-corrected chi connectivity index (χ0v) is 22.0. The largest absolute Gasteiger partial charge is 0.470 e. The topological polar surface area (TPSA) is 167 Å². The third-order valence-electron chi connectivity index (χ3n) is 6.21. The highest BCUT2D eigenvalue weighted by molar-refractivity contribution is 7.99. The van der Waals surface area contributed by atoms with Gasteiger partial charge in [0, 0.05) is 20.3 Å². The van der Waals surface area contributed by atoms with Crippen LogP contribution in [0.2, 0.25) is 0 Å². The smallest absolute Gasteiger partial charge is 0.388 e. The van der Waals surface area contributed by atoms with Gasteiger partial charge in [0.05, 0.1) is 17.5 Å².